The predicted molar refractivity (Wildman–Crippen MR) is 73.2 cm³/mol. The number of carbonyl (C=O) groups is 1. The molecule has 0 heterocycles. The number of rotatable bonds is 4. The van der Waals surface area contributed by atoms with Gasteiger partial charge >= 0.3 is 0 Å². The van der Waals surface area contributed by atoms with Crippen molar-refractivity contribution in [1.29, 1.82) is 0 Å². The van der Waals surface area contributed by atoms with Crippen molar-refractivity contribution in [2.75, 3.05) is 19.3 Å². The molecule has 1 aliphatic rings. The van der Waals surface area contributed by atoms with Crippen LogP contribution in [0.5, 0.6) is 0 Å². The minimum absolute atomic E-state index is 0.150. The fourth-order valence-corrected chi connectivity index (χ4v) is 2.47. The van der Waals surface area contributed by atoms with Crippen molar-refractivity contribution in [1.82, 2.24) is 4.90 Å². The van der Waals surface area contributed by atoms with Crippen LogP contribution in [0.2, 0.25) is 0 Å². The molecule has 2 rings (SSSR count). The lowest BCUT2D eigenvalue weighted by molar-refractivity contribution is -0.384. The van der Waals surface area contributed by atoms with Crippen molar-refractivity contribution in [2.45, 2.75) is 18.9 Å². The van der Waals surface area contributed by atoms with Crippen molar-refractivity contribution in [3.05, 3.63) is 33.6 Å². The van der Waals surface area contributed by atoms with E-state index in [2.05, 4.69) is 0 Å². The van der Waals surface area contributed by atoms with Crippen molar-refractivity contribution < 1.29 is 19.2 Å². The molecule has 0 bridgehead atoms. The highest BCUT2D eigenvalue weighted by Gasteiger charge is 2.31. The highest BCUT2D eigenvalue weighted by Crippen LogP contribution is 2.30. The number of anilines is 1. The van der Waals surface area contributed by atoms with Crippen LogP contribution in [0.3, 0.4) is 0 Å². The Labute approximate surface area is 120 Å². The standard InChI is InChI=1S/C13H16FN3O4/c1-16(6-7-4-8(18)5-7)13(19)11-9(14)2-3-10(12(11)15)17(20)21/h2-3,7-8,18H,4-6,15H2,1H3. The fourth-order valence-electron chi connectivity index (χ4n) is 2.47. The van der Waals surface area contributed by atoms with Crippen molar-refractivity contribution in [2.24, 2.45) is 5.92 Å². The van der Waals surface area contributed by atoms with Gasteiger partial charge in [-0.05, 0) is 24.8 Å². The maximum atomic E-state index is 13.8. The average Bonchev–Trinajstić information content (AvgIpc) is 2.36. The molecule has 0 aromatic heterocycles. The second-order valence-corrected chi connectivity index (χ2v) is 5.29. The third-order valence-electron chi connectivity index (χ3n) is 3.67. The smallest absolute Gasteiger partial charge is 0.293 e. The van der Waals surface area contributed by atoms with Gasteiger partial charge in [0.05, 0.1) is 11.0 Å². The molecular weight excluding hydrogens is 281 g/mol. The fraction of sp³-hybridized carbons (Fsp3) is 0.462. The number of nitro groups is 1. The summed E-state index contributed by atoms with van der Waals surface area (Å²) in [5.74, 6) is -1.43. The maximum absolute atomic E-state index is 13.8. The first kappa shape index (κ1) is 15.2. The molecule has 1 saturated carbocycles. The Balaban J connectivity index is 2.21. The topological polar surface area (TPSA) is 110 Å². The number of amides is 1. The van der Waals surface area contributed by atoms with Crippen LogP contribution >= 0.6 is 0 Å². The summed E-state index contributed by atoms with van der Waals surface area (Å²) in [6.45, 7) is 0.345. The number of nitrogens with two attached hydrogens (primary N) is 1. The predicted octanol–water partition coefficient (Wildman–Crippen LogP) is 1.16. The van der Waals surface area contributed by atoms with Crippen molar-refractivity contribution >= 4 is 17.3 Å². The zero-order valence-corrected chi connectivity index (χ0v) is 11.5. The van der Waals surface area contributed by atoms with Gasteiger partial charge in [-0.2, -0.15) is 0 Å². The molecule has 114 valence electrons. The number of hydrogen-bond donors (Lipinski definition) is 2. The Morgan fingerprint density at radius 1 is 1.57 bits per heavy atom. The molecule has 1 aliphatic carbocycles. The molecular formula is C13H16FN3O4. The molecule has 1 amide bonds. The van der Waals surface area contributed by atoms with Gasteiger partial charge in [-0.25, -0.2) is 4.39 Å². The quantitative estimate of drug-likeness (QED) is 0.492. The third-order valence-corrected chi connectivity index (χ3v) is 3.67. The van der Waals surface area contributed by atoms with Crippen LogP contribution in [0.25, 0.3) is 0 Å². The average molecular weight is 297 g/mol. The van der Waals surface area contributed by atoms with Crippen LogP contribution in [0.15, 0.2) is 12.1 Å². The summed E-state index contributed by atoms with van der Waals surface area (Å²) >= 11 is 0. The molecule has 0 radical (unpaired) electrons. The number of nitro benzene ring substituents is 1. The number of hydrogen-bond acceptors (Lipinski definition) is 5. The van der Waals surface area contributed by atoms with Gasteiger partial charge in [-0.3, -0.25) is 14.9 Å². The maximum Gasteiger partial charge on any atom is 0.293 e. The summed E-state index contributed by atoms with van der Waals surface area (Å²) in [5.41, 5.74) is 4.11. The van der Waals surface area contributed by atoms with Gasteiger partial charge < -0.3 is 15.7 Å². The lowest BCUT2D eigenvalue weighted by atomic mass is 9.82. The number of nitrogen functional groups attached to an aromatic ring is 1. The molecule has 1 fully saturated rings. The van der Waals surface area contributed by atoms with Crippen LogP contribution in [0.1, 0.15) is 23.2 Å². The minimum Gasteiger partial charge on any atom is -0.393 e. The normalized spacial score (nSPS) is 20.7. The van der Waals surface area contributed by atoms with Crippen molar-refractivity contribution in [3.8, 4) is 0 Å². The van der Waals surface area contributed by atoms with Gasteiger partial charge in [0.1, 0.15) is 17.1 Å². The molecule has 7 nitrogen and oxygen atoms in total. The molecule has 1 aromatic rings. The van der Waals surface area contributed by atoms with Crippen LogP contribution in [0, 0.1) is 21.8 Å². The molecule has 21 heavy (non-hydrogen) atoms. The minimum atomic E-state index is -0.886. The van der Waals surface area contributed by atoms with Crippen LogP contribution in [-0.2, 0) is 0 Å². The monoisotopic (exact) mass is 297 g/mol. The van der Waals surface area contributed by atoms with Crippen molar-refractivity contribution in [3.63, 3.8) is 0 Å². The van der Waals surface area contributed by atoms with E-state index >= 15 is 0 Å². The van der Waals surface area contributed by atoms with E-state index in [0.29, 0.717) is 19.4 Å². The number of aliphatic hydroxyl groups excluding tert-OH is 1. The summed E-state index contributed by atoms with van der Waals surface area (Å²) < 4.78 is 13.8. The zero-order valence-electron chi connectivity index (χ0n) is 11.5. The molecule has 0 aliphatic heterocycles. The Kier molecular flexibility index (Phi) is 4.08. The summed E-state index contributed by atoms with van der Waals surface area (Å²) in [7, 11) is 1.48. The Morgan fingerprint density at radius 3 is 2.71 bits per heavy atom. The van der Waals surface area contributed by atoms with E-state index in [1.807, 2.05) is 0 Å². The van der Waals surface area contributed by atoms with Crippen LogP contribution < -0.4 is 5.73 Å². The van der Waals surface area contributed by atoms with E-state index < -0.39 is 33.6 Å². The van der Waals surface area contributed by atoms with E-state index in [1.165, 1.54) is 11.9 Å². The zero-order chi connectivity index (χ0) is 15.7. The van der Waals surface area contributed by atoms with Gasteiger partial charge in [0.25, 0.3) is 11.6 Å². The SMILES string of the molecule is CN(CC1CC(O)C1)C(=O)c1c(F)ccc([N+](=O)[O-])c1N. The highest BCUT2D eigenvalue weighted by molar-refractivity contribution is 6.01. The first-order valence-corrected chi connectivity index (χ1v) is 6.47. The second kappa shape index (κ2) is 5.65. The third kappa shape index (κ3) is 2.94. The summed E-state index contributed by atoms with van der Waals surface area (Å²) in [6.07, 6.45) is 0.827. The highest BCUT2D eigenvalue weighted by atomic mass is 19.1. The Morgan fingerprint density at radius 2 is 2.19 bits per heavy atom. The number of carbonyl (C=O) groups excluding carboxylic acids is 1. The van der Waals surface area contributed by atoms with E-state index in [-0.39, 0.29) is 12.0 Å². The summed E-state index contributed by atoms with van der Waals surface area (Å²) in [5, 5.41) is 20.0. The lowest BCUT2D eigenvalue weighted by Crippen LogP contribution is -2.40. The van der Waals surface area contributed by atoms with Gasteiger partial charge in [0.15, 0.2) is 0 Å². The van der Waals surface area contributed by atoms with Crippen LogP contribution in [-0.4, -0.2) is 40.5 Å². The van der Waals surface area contributed by atoms with Gasteiger partial charge in [-0.1, -0.05) is 0 Å². The van der Waals surface area contributed by atoms with E-state index in [4.69, 9.17) is 5.73 Å². The number of nitrogens with zero attached hydrogens (tertiary/aromatic N) is 2. The molecule has 0 saturated heterocycles. The second-order valence-electron chi connectivity index (χ2n) is 5.29. The van der Waals surface area contributed by atoms with Gasteiger partial charge in [0, 0.05) is 19.7 Å². The summed E-state index contributed by atoms with van der Waals surface area (Å²) in [6, 6.07) is 1.80. The molecule has 3 N–H and O–H groups in total. The first-order chi connectivity index (χ1) is 9.81. The first-order valence-electron chi connectivity index (χ1n) is 6.47. The largest absolute Gasteiger partial charge is 0.393 e. The van der Waals surface area contributed by atoms with E-state index in [9.17, 15) is 24.4 Å². The molecule has 0 spiro atoms. The van der Waals surface area contributed by atoms with Gasteiger partial charge in [0.2, 0.25) is 0 Å². The lowest BCUT2D eigenvalue weighted by Gasteiger charge is -2.34. The number of halogens is 1. The molecule has 0 atom stereocenters. The number of benzene rings is 1. The number of aliphatic hydroxyl groups is 1. The molecule has 0 unspecified atom stereocenters. The molecule has 8 heteroatoms. The van der Waals surface area contributed by atoms with E-state index in [1.54, 1.807) is 0 Å². The Bertz CT molecular complexity index is 587. The summed E-state index contributed by atoms with van der Waals surface area (Å²) in [4.78, 5) is 23.6. The Hall–Kier alpha value is -2.22. The van der Waals surface area contributed by atoms with Crippen LogP contribution in [0.4, 0.5) is 15.8 Å². The van der Waals surface area contributed by atoms with E-state index in [0.717, 1.165) is 12.1 Å². The molecule has 1 aromatic carbocycles. The van der Waals surface area contributed by atoms with Gasteiger partial charge in [-0.15, -0.1) is 0 Å².